The fourth-order valence-electron chi connectivity index (χ4n) is 2.82. The first kappa shape index (κ1) is 11.9. The summed E-state index contributed by atoms with van der Waals surface area (Å²) in [5.74, 6) is 0.212. The summed E-state index contributed by atoms with van der Waals surface area (Å²) in [5, 5.41) is 0. The number of hydrogen-bond acceptors (Lipinski definition) is 2. The minimum atomic E-state index is -0.145. The fourth-order valence-corrected chi connectivity index (χ4v) is 2.82. The van der Waals surface area contributed by atoms with Crippen LogP contribution >= 0.6 is 0 Å². The van der Waals surface area contributed by atoms with Crippen molar-refractivity contribution in [3.63, 3.8) is 0 Å². The van der Waals surface area contributed by atoms with Gasteiger partial charge >= 0.3 is 0 Å². The lowest BCUT2D eigenvalue weighted by Gasteiger charge is -2.29. The maximum Gasteiger partial charge on any atom is 0.251 e. The molecule has 2 fully saturated rings. The second kappa shape index (κ2) is 5.67. The molecule has 1 saturated heterocycles. The van der Waals surface area contributed by atoms with Gasteiger partial charge in [0.15, 0.2) is 0 Å². The molecule has 0 spiro atoms. The summed E-state index contributed by atoms with van der Waals surface area (Å²) in [6.45, 7) is 0.759. The first-order chi connectivity index (χ1) is 7.79. The molecule has 3 heteroatoms. The molecule has 1 atom stereocenters. The summed E-state index contributed by atoms with van der Waals surface area (Å²) in [6, 6.07) is 0.458. The number of rotatable bonds is 2. The van der Waals surface area contributed by atoms with Crippen molar-refractivity contribution < 1.29 is 9.53 Å². The average molecular weight is 225 g/mol. The van der Waals surface area contributed by atoms with Gasteiger partial charge in [-0.15, -0.1) is 0 Å². The van der Waals surface area contributed by atoms with Gasteiger partial charge in [-0.25, -0.2) is 0 Å². The van der Waals surface area contributed by atoms with Crippen LogP contribution in [0.1, 0.15) is 51.4 Å². The fraction of sp³-hybridized carbons (Fsp3) is 0.923. The van der Waals surface area contributed by atoms with Crippen molar-refractivity contribution in [2.45, 2.75) is 63.5 Å². The first-order valence-electron chi connectivity index (χ1n) is 6.67. The Kier molecular flexibility index (Phi) is 4.22. The zero-order valence-electron chi connectivity index (χ0n) is 10.3. The van der Waals surface area contributed by atoms with Crippen molar-refractivity contribution in [3.05, 3.63) is 0 Å². The Morgan fingerprint density at radius 1 is 1.06 bits per heavy atom. The number of nitrogens with zero attached hydrogens (tertiary/aromatic N) is 1. The van der Waals surface area contributed by atoms with E-state index in [1.165, 1.54) is 38.5 Å². The van der Waals surface area contributed by atoms with Crippen molar-refractivity contribution in [2.75, 3.05) is 13.7 Å². The van der Waals surface area contributed by atoms with Gasteiger partial charge in [-0.05, 0) is 25.7 Å². The van der Waals surface area contributed by atoms with E-state index in [1.807, 2.05) is 11.9 Å². The van der Waals surface area contributed by atoms with E-state index in [1.54, 1.807) is 0 Å². The van der Waals surface area contributed by atoms with E-state index in [2.05, 4.69) is 0 Å². The third-order valence-electron chi connectivity index (χ3n) is 3.93. The van der Waals surface area contributed by atoms with Gasteiger partial charge in [0.25, 0.3) is 5.91 Å². The Labute approximate surface area is 98.1 Å². The summed E-state index contributed by atoms with van der Waals surface area (Å²) in [7, 11) is 1.96. The number of ether oxygens (including phenoxy) is 1. The quantitative estimate of drug-likeness (QED) is 0.675. The van der Waals surface area contributed by atoms with Gasteiger partial charge in [-0.2, -0.15) is 0 Å². The van der Waals surface area contributed by atoms with Gasteiger partial charge in [-0.3, -0.25) is 4.79 Å². The smallest absolute Gasteiger partial charge is 0.251 e. The molecule has 0 aromatic rings. The highest BCUT2D eigenvalue weighted by Crippen LogP contribution is 2.23. The summed E-state index contributed by atoms with van der Waals surface area (Å²) in [5.41, 5.74) is 0. The highest BCUT2D eigenvalue weighted by atomic mass is 16.5. The molecule has 1 aliphatic heterocycles. The van der Waals surface area contributed by atoms with E-state index in [9.17, 15) is 4.79 Å². The normalized spacial score (nSPS) is 27.7. The molecule has 1 saturated carbocycles. The first-order valence-corrected chi connectivity index (χ1v) is 6.67. The van der Waals surface area contributed by atoms with Crippen LogP contribution in [0, 0.1) is 0 Å². The molecule has 0 bridgehead atoms. The van der Waals surface area contributed by atoms with Gasteiger partial charge in [0.05, 0.1) is 0 Å². The van der Waals surface area contributed by atoms with E-state index >= 15 is 0 Å². The number of hydrogen-bond donors (Lipinski definition) is 0. The molecule has 2 aliphatic rings. The largest absolute Gasteiger partial charge is 0.368 e. The van der Waals surface area contributed by atoms with Crippen molar-refractivity contribution in [1.29, 1.82) is 0 Å². The van der Waals surface area contributed by atoms with Crippen LogP contribution in [0.3, 0.4) is 0 Å². The predicted octanol–water partition coefficient (Wildman–Crippen LogP) is 2.35. The second-order valence-corrected chi connectivity index (χ2v) is 5.10. The standard InChI is InChI=1S/C13H23NO2/c1-14(11-7-4-2-3-5-8-11)13(15)12-9-6-10-16-12/h11-12H,2-10H2,1H3. The van der Waals surface area contributed by atoms with E-state index < -0.39 is 0 Å². The third-order valence-corrected chi connectivity index (χ3v) is 3.93. The summed E-state index contributed by atoms with van der Waals surface area (Å²) in [4.78, 5) is 14.1. The Morgan fingerprint density at radius 3 is 2.31 bits per heavy atom. The van der Waals surface area contributed by atoms with E-state index in [-0.39, 0.29) is 12.0 Å². The van der Waals surface area contributed by atoms with Crippen LogP contribution < -0.4 is 0 Å². The van der Waals surface area contributed by atoms with Crippen LogP contribution in [0.5, 0.6) is 0 Å². The maximum atomic E-state index is 12.2. The molecule has 3 nitrogen and oxygen atoms in total. The molecule has 1 heterocycles. The molecule has 0 N–H and O–H groups in total. The van der Waals surface area contributed by atoms with Crippen LogP contribution in [-0.2, 0) is 9.53 Å². The van der Waals surface area contributed by atoms with Crippen molar-refractivity contribution in [3.8, 4) is 0 Å². The zero-order valence-corrected chi connectivity index (χ0v) is 10.3. The Balaban J connectivity index is 1.88. The summed E-state index contributed by atoms with van der Waals surface area (Å²) < 4.78 is 5.47. The minimum Gasteiger partial charge on any atom is -0.368 e. The minimum absolute atomic E-state index is 0.145. The van der Waals surface area contributed by atoms with Crippen LogP contribution in [-0.4, -0.2) is 36.6 Å². The van der Waals surface area contributed by atoms with Crippen molar-refractivity contribution >= 4 is 5.91 Å². The lowest BCUT2D eigenvalue weighted by molar-refractivity contribution is -0.142. The molecule has 92 valence electrons. The molecular weight excluding hydrogens is 202 g/mol. The molecule has 0 aromatic carbocycles. The monoisotopic (exact) mass is 225 g/mol. The van der Waals surface area contributed by atoms with E-state index in [0.29, 0.717) is 6.04 Å². The summed E-state index contributed by atoms with van der Waals surface area (Å²) >= 11 is 0. The van der Waals surface area contributed by atoms with Gasteiger partial charge in [0.1, 0.15) is 6.10 Å². The molecule has 1 unspecified atom stereocenters. The molecule has 0 aromatic heterocycles. The topological polar surface area (TPSA) is 29.5 Å². The van der Waals surface area contributed by atoms with E-state index in [4.69, 9.17) is 4.74 Å². The van der Waals surface area contributed by atoms with Crippen LogP contribution in [0.4, 0.5) is 0 Å². The summed E-state index contributed by atoms with van der Waals surface area (Å²) in [6.07, 6.45) is 9.36. The Morgan fingerprint density at radius 2 is 1.75 bits per heavy atom. The number of amides is 1. The van der Waals surface area contributed by atoms with Crippen molar-refractivity contribution in [1.82, 2.24) is 4.90 Å². The van der Waals surface area contributed by atoms with Crippen LogP contribution in [0.25, 0.3) is 0 Å². The van der Waals surface area contributed by atoms with Gasteiger partial charge in [0.2, 0.25) is 0 Å². The lowest BCUT2D eigenvalue weighted by Crippen LogP contribution is -2.42. The molecule has 0 radical (unpaired) electrons. The van der Waals surface area contributed by atoms with Crippen LogP contribution in [0.15, 0.2) is 0 Å². The highest BCUT2D eigenvalue weighted by Gasteiger charge is 2.30. The zero-order chi connectivity index (χ0) is 11.4. The average Bonchev–Trinajstić information content (AvgIpc) is 2.70. The highest BCUT2D eigenvalue weighted by molar-refractivity contribution is 5.81. The maximum absolute atomic E-state index is 12.2. The molecule has 16 heavy (non-hydrogen) atoms. The molecule has 1 amide bonds. The van der Waals surface area contributed by atoms with Crippen molar-refractivity contribution in [2.24, 2.45) is 0 Å². The number of carbonyl (C=O) groups is 1. The molecule has 1 aliphatic carbocycles. The predicted molar refractivity (Wildman–Crippen MR) is 63.2 cm³/mol. The SMILES string of the molecule is CN(C(=O)C1CCCO1)C1CCCCCC1. The van der Waals surface area contributed by atoms with Crippen LogP contribution in [0.2, 0.25) is 0 Å². The van der Waals surface area contributed by atoms with Gasteiger partial charge in [-0.1, -0.05) is 25.7 Å². The number of likely N-dealkylation sites (N-methyl/N-ethyl adjacent to an activating group) is 1. The van der Waals surface area contributed by atoms with E-state index in [0.717, 1.165) is 19.4 Å². The third kappa shape index (κ3) is 2.76. The lowest BCUT2D eigenvalue weighted by atomic mass is 10.1. The second-order valence-electron chi connectivity index (χ2n) is 5.10. The Hall–Kier alpha value is -0.570. The molecular formula is C13H23NO2. The van der Waals surface area contributed by atoms with Gasteiger partial charge in [0, 0.05) is 19.7 Å². The molecule has 2 rings (SSSR count). The number of carbonyl (C=O) groups excluding carboxylic acids is 1. The van der Waals surface area contributed by atoms with Gasteiger partial charge < -0.3 is 9.64 Å². The Bertz CT molecular complexity index is 228.